The average Bonchev–Trinajstić information content (AvgIpc) is 2.52. The van der Waals surface area contributed by atoms with Crippen LogP contribution in [-0.4, -0.2) is 25.1 Å². The summed E-state index contributed by atoms with van der Waals surface area (Å²) in [7, 11) is 2.14. The van der Waals surface area contributed by atoms with Gasteiger partial charge in [-0.2, -0.15) is 0 Å². The normalized spacial score (nSPS) is 10.6. The maximum Gasteiger partial charge on any atom is 0.0421 e. The Morgan fingerprint density at radius 2 is 2.05 bits per heavy atom. The van der Waals surface area contributed by atoms with Crippen molar-refractivity contribution >= 4 is 5.69 Å². The van der Waals surface area contributed by atoms with E-state index in [4.69, 9.17) is 0 Å². The van der Waals surface area contributed by atoms with Crippen LogP contribution in [0.25, 0.3) is 0 Å². The number of benzene rings is 1. The predicted molar refractivity (Wildman–Crippen MR) is 89.8 cm³/mol. The van der Waals surface area contributed by atoms with Crippen LogP contribution < -0.4 is 10.2 Å². The molecule has 1 aromatic carbocycles. The van der Waals surface area contributed by atoms with Gasteiger partial charge in [0.15, 0.2) is 0 Å². The third-order valence-corrected chi connectivity index (χ3v) is 3.76. The van der Waals surface area contributed by atoms with Crippen molar-refractivity contribution in [3.05, 3.63) is 59.4 Å². The highest BCUT2D eigenvalue weighted by atomic mass is 15.1. The van der Waals surface area contributed by atoms with Crippen LogP contribution in [0.2, 0.25) is 0 Å². The first-order valence-electron chi connectivity index (χ1n) is 7.62. The summed E-state index contributed by atoms with van der Waals surface area (Å²) in [4.78, 5) is 6.67. The third-order valence-electron chi connectivity index (χ3n) is 3.76. The molecule has 0 radical (unpaired) electrons. The second kappa shape index (κ2) is 7.79. The second-order valence-corrected chi connectivity index (χ2v) is 5.38. The summed E-state index contributed by atoms with van der Waals surface area (Å²) >= 11 is 0. The van der Waals surface area contributed by atoms with Gasteiger partial charge in [-0.25, -0.2) is 0 Å². The van der Waals surface area contributed by atoms with Crippen molar-refractivity contribution in [3.63, 3.8) is 0 Å². The number of likely N-dealkylation sites (N-methyl/N-ethyl adjacent to an activating group) is 1. The lowest BCUT2D eigenvalue weighted by molar-refractivity contribution is 0.723. The van der Waals surface area contributed by atoms with E-state index in [0.717, 1.165) is 31.7 Å². The minimum atomic E-state index is 0.945. The molecule has 0 bridgehead atoms. The Bertz CT molecular complexity index is 552. The van der Waals surface area contributed by atoms with Gasteiger partial charge in [0, 0.05) is 44.1 Å². The maximum absolute atomic E-state index is 4.37. The number of rotatable bonds is 7. The first kappa shape index (κ1) is 15.5. The highest BCUT2D eigenvalue weighted by molar-refractivity contribution is 5.50. The van der Waals surface area contributed by atoms with Crippen molar-refractivity contribution in [2.45, 2.75) is 26.8 Å². The van der Waals surface area contributed by atoms with Gasteiger partial charge in [0.2, 0.25) is 0 Å². The van der Waals surface area contributed by atoms with E-state index in [1.54, 1.807) is 0 Å². The zero-order valence-corrected chi connectivity index (χ0v) is 13.3. The number of aromatic nitrogens is 1. The lowest BCUT2D eigenvalue weighted by Gasteiger charge is -2.20. The van der Waals surface area contributed by atoms with E-state index in [1.807, 2.05) is 18.3 Å². The van der Waals surface area contributed by atoms with Crippen molar-refractivity contribution < 1.29 is 0 Å². The fraction of sp³-hybridized carbons (Fsp3) is 0.389. The molecular weight excluding hydrogens is 258 g/mol. The number of anilines is 1. The average molecular weight is 283 g/mol. The van der Waals surface area contributed by atoms with Crippen LogP contribution >= 0.6 is 0 Å². The lowest BCUT2D eigenvalue weighted by Crippen LogP contribution is -2.21. The maximum atomic E-state index is 4.37. The number of hydrogen-bond donors (Lipinski definition) is 1. The van der Waals surface area contributed by atoms with Crippen LogP contribution in [-0.2, 0) is 13.0 Å². The minimum absolute atomic E-state index is 0.945. The standard InChI is InChI=1S/C18H25N3/c1-4-19-14-16-8-9-18(13-15(16)2)21(3)12-10-17-7-5-6-11-20-17/h5-9,11,13,19H,4,10,12,14H2,1-3H3. The molecule has 112 valence electrons. The molecular formula is C18H25N3. The van der Waals surface area contributed by atoms with Crippen LogP contribution in [0.3, 0.4) is 0 Å². The largest absolute Gasteiger partial charge is 0.374 e. The molecule has 0 saturated carbocycles. The molecule has 0 saturated heterocycles. The molecule has 2 aromatic rings. The van der Waals surface area contributed by atoms with Gasteiger partial charge in [-0.1, -0.05) is 19.1 Å². The molecule has 0 aliphatic heterocycles. The number of nitrogens with one attached hydrogen (secondary N) is 1. The van der Waals surface area contributed by atoms with Crippen molar-refractivity contribution in [1.29, 1.82) is 0 Å². The first-order chi connectivity index (χ1) is 10.2. The SMILES string of the molecule is CCNCc1ccc(N(C)CCc2ccccn2)cc1C. The smallest absolute Gasteiger partial charge is 0.0421 e. The summed E-state index contributed by atoms with van der Waals surface area (Å²) in [6, 6.07) is 12.8. The first-order valence-corrected chi connectivity index (χ1v) is 7.62. The Morgan fingerprint density at radius 1 is 1.19 bits per heavy atom. The van der Waals surface area contributed by atoms with Crippen LogP contribution in [0.15, 0.2) is 42.6 Å². The second-order valence-electron chi connectivity index (χ2n) is 5.38. The van der Waals surface area contributed by atoms with Crippen molar-refractivity contribution in [2.24, 2.45) is 0 Å². The van der Waals surface area contributed by atoms with E-state index in [1.165, 1.54) is 16.8 Å². The molecule has 3 heteroatoms. The van der Waals surface area contributed by atoms with Crippen molar-refractivity contribution in [1.82, 2.24) is 10.3 Å². The van der Waals surface area contributed by atoms with Gasteiger partial charge in [0.05, 0.1) is 0 Å². The number of pyridine rings is 1. The van der Waals surface area contributed by atoms with E-state index >= 15 is 0 Å². The molecule has 1 aromatic heterocycles. The van der Waals surface area contributed by atoms with Gasteiger partial charge < -0.3 is 10.2 Å². The van der Waals surface area contributed by atoms with E-state index in [9.17, 15) is 0 Å². The molecule has 1 heterocycles. The highest BCUT2D eigenvalue weighted by Gasteiger charge is 2.05. The quantitative estimate of drug-likeness (QED) is 0.846. The summed E-state index contributed by atoms with van der Waals surface area (Å²) in [5, 5.41) is 3.38. The number of nitrogens with zero attached hydrogens (tertiary/aromatic N) is 2. The van der Waals surface area contributed by atoms with Crippen molar-refractivity contribution in [3.8, 4) is 0 Å². The summed E-state index contributed by atoms with van der Waals surface area (Å²) in [6.45, 7) is 7.24. The molecule has 0 fully saturated rings. The van der Waals surface area contributed by atoms with Gasteiger partial charge in [-0.05, 0) is 48.9 Å². The molecule has 1 N–H and O–H groups in total. The number of aryl methyl sites for hydroxylation is 1. The Hall–Kier alpha value is -1.87. The molecule has 0 spiro atoms. The molecule has 0 aliphatic carbocycles. The van der Waals surface area contributed by atoms with E-state index in [2.05, 4.69) is 60.4 Å². The fourth-order valence-electron chi connectivity index (χ4n) is 2.33. The molecule has 0 amide bonds. The van der Waals surface area contributed by atoms with Crippen LogP contribution in [0, 0.1) is 6.92 Å². The van der Waals surface area contributed by atoms with Crippen LogP contribution in [0.1, 0.15) is 23.7 Å². The third kappa shape index (κ3) is 4.57. The number of hydrogen-bond acceptors (Lipinski definition) is 3. The van der Waals surface area contributed by atoms with Crippen LogP contribution in [0.5, 0.6) is 0 Å². The zero-order chi connectivity index (χ0) is 15.1. The fourth-order valence-corrected chi connectivity index (χ4v) is 2.33. The molecule has 2 rings (SSSR count). The van der Waals surface area contributed by atoms with Gasteiger partial charge in [-0.15, -0.1) is 0 Å². The Morgan fingerprint density at radius 3 is 2.71 bits per heavy atom. The summed E-state index contributed by atoms with van der Waals surface area (Å²) in [5.74, 6) is 0. The Labute approximate surface area is 128 Å². The minimum Gasteiger partial charge on any atom is -0.374 e. The van der Waals surface area contributed by atoms with Gasteiger partial charge in [-0.3, -0.25) is 4.98 Å². The van der Waals surface area contributed by atoms with Gasteiger partial charge >= 0.3 is 0 Å². The summed E-state index contributed by atoms with van der Waals surface area (Å²) in [6.07, 6.45) is 2.82. The zero-order valence-electron chi connectivity index (χ0n) is 13.3. The lowest BCUT2D eigenvalue weighted by atomic mass is 10.1. The molecule has 21 heavy (non-hydrogen) atoms. The molecule has 0 atom stereocenters. The van der Waals surface area contributed by atoms with Gasteiger partial charge in [0.1, 0.15) is 0 Å². The Balaban J connectivity index is 1.96. The molecule has 3 nitrogen and oxygen atoms in total. The van der Waals surface area contributed by atoms with Crippen molar-refractivity contribution in [2.75, 3.05) is 25.0 Å². The summed E-state index contributed by atoms with van der Waals surface area (Å²) < 4.78 is 0. The highest BCUT2D eigenvalue weighted by Crippen LogP contribution is 2.18. The topological polar surface area (TPSA) is 28.2 Å². The Kier molecular flexibility index (Phi) is 5.76. The van der Waals surface area contributed by atoms with E-state index in [-0.39, 0.29) is 0 Å². The van der Waals surface area contributed by atoms with E-state index < -0.39 is 0 Å². The van der Waals surface area contributed by atoms with E-state index in [0.29, 0.717) is 0 Å². The molecule has 0 unspecified atom stereocenters. The summed E-state index contributed by atoms with van der Waals surface area (Å²) in [5.41, 5.74) is 5.13. The predicted octanol–water partition coefficient (Wildman–Crippen LogP) is 3.18. The monoisotopic (exact) mass is 283 g/mol. The molecule has 0 aliphatic rings. The van der Waals surface area contributed by atoms with Gasteiger partial charge in [0.25, 0.3) is 0 Å². The van der Waals surface area contributed by atoms with Crippen LogP contribution in [0.4, 0.5) is 5.69 Å².